The van der Waals surface area contributed by atoms with Crippen LogP contribution >= 0.6 is 10.7 Å². The summed E-state index contributed by atoms with van der Waals surface area (Å²) >= 11 is 0. The summed E-state index contributed by atoms with van der Waals surface area (Å²) in [5.74, 6) is -1.50. The molecule has 0 aromatic heterocycles. The molecular formula is C23H20ClFN2O4S. The highest BCUT2D eigenvalue weighted by atomic mass is 35.7. The Hall–Kier alpha value is -3.23. The van der Waals surface area contributed by atoms with Gasteiger partial charge in [0, 0.05) is 28.4 Å². The van der Waals surface area contributed by atoms with Crippen LogP contribution in [-0.4, -0.2) is 26.3 Å². The van der Waals surface area contributed by atoms with Gasteiger partial charge in [-0.15, -0.1) is 0 Å². The van der Waals surface area contributed by atoms with Gasteiger partial charge in [0.1, 0.15) is 11.9 Å². The minimum absolute atomic E-state index is 0.0531. The van der Waals surface area contributed by atoms with Crippen LogP contribution in [0.4, 0.5) is 10.1 Å². The molecule has 1 atom stereocenters. The Kier molecular flexibility index (Phi) is 7.27. The van der Waals surface area contributed by atoms with Gasteiger partial charge in [-0.3, -0.25) is 9.59 Å². The number of carbonyl (C=O) groups excluding carboxylic acids is 2. The maximum Gasteiger partial charge on any atom is 0.261 e. The van der Waals surface area contributed by atoms with Crippen LogP contribution in [-0.2, 0) is 20.3 Å². The third-order valence-corrected chi connectivity index (χ3v) is 6.20. The first kappa shape index (κ1) is 23.4. The molecule has 0 saturated heterocycles. The molecule has 0 unspecified atom stereocenters. The normalized spacial score (nSPS) is 12.1. The van der Waals surface area contributed by atoms with Crippen LogP contribution in [0.2, 0.25) is 0 Å². The highest BCUT2D eigenvalue weighted by Crippen LogP contribution is 2.23. The number of hydrogen-bond donors (Lipinski definition) is 2. The maximum absolute atomic E-state index is 13.2. The molecule has 0 saturated carbocycles. The number of amides is 2. The number of aryl methyl sites for hydroxylation is 1. The molecule has 0 bridgehead atoms. The van der Waals surface area contributed by atoms with Crippen molar-refractivity contribution in [1.29, 1.82) is 0 Å². The van der Waals surface area contributed by atoms with Gasteiger partial charge in [-0.25, -0.2) is 12.8 Å². The van der Waals surface area contributed by atoms with Crippen molar-refractivity contribution in [3.63, 3.8) is 0 Å². The Bertz CT molecular complexity index is 1230. The first-order valence-corrected chi connectivity index (χ1v) is 11.9. The van der Waals surface area contributed by atoms with Gasteiger partial charge in [-0.2, -0.15) is 0 Å². The number of anilines is 1. The molecule has 0 aliphatic rings. The van der Waals surface area contributed by atoms with Crippen LogP contribution in [0.1, 0.15) is 21.5 Å². The summed E-state index contributed by atoms with van der Waals surface area (Å²) in [5, 5.41) is 5.38. The third-order valence-electron chi connectivity index (χ3n) is 4.72. The lowest BCUT2D eigenvalue weighted by Crippen LogP contribution is -2.45. The Morgan fingerprint density at radius 1 is 1.00 bits per heavy atom. The van der Waals surface area contributed by atoms with Crippen molar-refractivity contribution in [2.75, 3.05) is 5.32 Å². The zero-order valence-corrected chi connectivity index (χ0v) is 18.6. The SMILES string of the molecule is Cc1cc(NC(=O)[C@H](Cc2ccccc2)NC(=O)c2ccc(F)cc2)ccc1S(=O)(=O)Cl. The zero-order chi connectivity index (χ0) is 23.3. The number of rotatable bonds is 7. The second-order valence-electron chi connectivity index (χ2n) is 7.13. The summed E-state index contributed by atoms with van der Waals surface area (Å²) in [5.41, 5.74) is 1.76. The first-order valence-electron chi connectivity index (χ1n) is 9.60. The van der Waals surface area contributed by atoms with E-state index >= 15 is 0 Å². The molecule has 0 fully saturated rings. The van der Waals surface area contributed by atoms with E-state index in [1.807, 2.05) is 30.3 Å². The van der Waals surface area contributed by atoms with E-state index in [4.69, 9.17) is 10.7 Å². The van der Waals surface area contributed by atoms with E-state index in [-0.39, 0.29) is 16.9 Å². The molecule has 0 aliphatic heterocycles. The third kappa shape index (κ3) is 6.15. The molecule has 32 heavy (non-hydrogen) atoms. The van der Waals surface area contributed by atoms with Crippen LogP contribution in [0.5, 0.6) is 0 Å². The van der Waals surface area contributed by atoms with Gasteiger partial charge in [0.25, 0.3) is 15.0 Å². The van der Waals surface area contributed by atoms with Crippen molar-refractivity contribution in [1.82, 2.24) is 5.32 Å². The Balaban J connectivity index is 1.82. The molecule has 0 spiro atoms. The molecule has 0 heterocycles. The smallest absolute Gasteiger partial charge is 0.261 e. The summed E-state index contributed by atoms with van der Waals surface area (Å²) < 4.78 is 36.3. The highest BCUT2D eigenvalue weighted by Gasteiger charge is 2.23. The Morgan fingerprint density at radius 2 is 1.66 bits per heavy atom. The van der Waals surface area contributed by atoms with E-state index in [1.165, 1.54) is 30.3 Å². The average molecular weight is 475 g/mol. The number of nitrogens with one attached hydrogen (secondary N) is 2. The first-order chi connectivity index (χ1) is 15.1. The molecule has 3 aromatic carbocycles. The lowest BCUT2D eigenvalue weighted by molar-refractivity contribution is -0.118. The van der Waals surface area contributed by atoms with Gasteiger partial charge in [0.05, 0.1) is 4.90 Å². The minimum atomic E-state index is -3.91. The Labute approximate surface area is 189 Å². The van der Waals surface area contributed by atoms with Crippen molar-refractivity contribution in [2.45, 2.75) is 24.3 Å². The molecule has 0 radical (unpaired) electrons. The second-order valence-corrected chi connectivity index (χ2v) is 9.66. The van der Waals surface area contributed by atoms with Crippen LogP contribution in [0, 0.1) is 12.7 Å². The maximum atomic E-state index is 13.2. The van der Waals surface area contributed by atoms with E-state index < -0.39 is 32.7 Å². The van der Waals surface area contributed by atoms with Gasteiger partial charge in [-0.05, 0) is 60.5 Å². The van der Waals surface area contributed by atoms with Crippen molar-refractivity contribution in [2.24, 2.45) is 0 Å². The topological polar surface area (TPSA) is 92.3 Å². The minimum Gasteiger partial charge on any atom is -0.340 e. The number of benzene rings is 3. The number of carbonyl (C=O) groups is 2. The van der Waals surface area contributed by atoms with E-state index in [1.54, 1.807) is 6.92 Å². The van der Waals surface area contributed by atoms with Gasteiger partial charge < -0.3 is 10.6 Å². The Morgan fingerprint density at radius 3 is 2.25 bits per heavy atom. The monoisotopic (exact) mass is 474 g/mol. The number of hydrogen-bond acceptors (Lipinski definition) is 4. The van der Waals surface area contributed by atoms with Crippen molar-refractivity contribution >= 4 is 37.2 Å². The van der Waals surface area contributed by atoms with Crippen LogP contribution in [0.3, 0.4) is 0 Å². The van der Waals surface area contributed by atoms with Gasteiger partial charge >= 0.3 is 0 Å². The molecule has 2 N–H and O–H groups in total. The molecule has 166 valence electrons. The standard InChI is InChI=1S/C23H20ClFN2O4S/c1-15-13-19(11-12-21(15)32(24,30)31)26-23(29)20(14-16-5-3-2-4-6-16)27-22(28)17-7-9-18(25)10-8-17/h2-13,20H,14H2,1H3,(H,26,29)(H,27,28)/t20-/m0/s1. The second kappa shape index (κ2) is 9.93. The van der Waals surface area contributed by atoms with Crippen LogP contribution < -0.4 is 10.6 Å². The van der Waals surface area contributed by atoms with Gasteiger partial charge in [-0.1, -0.05) is 30.3 Å². The fourth-order valence-electron chi connectivity index (χ4n) is 3.13. The quantitative estimate of drug-likeness (QED) is 0.505. The van der Waals surface area contributed by atoms with E-state index in [2.05, 4.69) is 10.6 Å². The molecular weight excluding hydrogens is 455 g/mol. The average Bonchev–Trinajstić information content (AvgIpc) is 2.73. The number of halogens is 2. The van der Waals surface area contributed by atoms with E-state index in [9.17, 15) is 22.4 Å². The molecule has 9 heteroatoms. The summed E-state index contributed by atoms with van der Waals surface area (Å²) in [6.07, 6.45) is 0.215. The van der Waals surface area contributed by atoms with Crippen LogP contribution in [0.15, 0.2) is 77.7 Å². The summed E-state index contributed by atoms with van der Waals surface area (Å²) in [6, 6.07) is 17.4. The molecule has 0 aliphatic carbocycles. The predicted molar refractivity (Wildman–Crippen MR) is 121 cm³/mol. The fourth-order valence-corrected chi connectivity index (χ4v) is 4.33. The van der Waals surface area contributed by atoms with Crippen molar-refractivity contribution in [3.05, 3.63) is 95.3 Å². The van der Waals surface area contributed by atoms with E-state index in [0.717, 1.165) is 17.7 Å². The van der Waals surface area contributed by atoms with Gasteiger partial charge in [0.15, 0.2) is 0 Å². The lowest BCUT2D eigenvalue weighted by Gasteiger charge is -2.19. The lowest BCUT2D eigenvalue weighted by atomic mass is 10.0. The fraction of sp³-hybridized carbons (Fsp3) is 0.130. The molecule has 6 nitrogen and oxygen atoms in total. The molecule has 2 amide bonds. The predicted octanol–water partition coefficient (Wildman–Crippen LogP) is 4.04. The van der Waals surface area contributed by atoms with E-state index in [0.29, 0.717) is 11.3 Å². The summed E-state index contributed by atoms with van der Waals surface area (Å²) in [6.45, 7) is 1.56. The van der Waals surface area contributed by atoms with Crippen molar-refractivity contribution < 1.29 is 22.4 Å². The molecule has 3 aromatic rings. The summed E-state index contributed by atoms with van der Waals surface area (Å²) in [4.78, 5) is 25.6. The summed E-state index contributed by atoms with van der Waals surface area (Å²) in [7, 11) is 1.49. The molecule has 3 rings (SSSR count). The highest BCUT2D eigenvalue weighted by molar-refractivity contribution is 8.13. The van der Waals surface area contributed by atoms with Gasteiger partial charge in [0.2, 0.25) is 5.91 Å². The van der Waals surface area contributed by atoms with Crippen molar-refractivity contribution in [3.8, 4) is 0 Å². The largest absolute Gasteiger partial charge is 0.340 e. The van der Waals surface area contributed by atoms with Crippen LogP contribution in [0.25, 0.3) is 0 Å². The zero-order valence-electron chi connectivity index (χ0n) is 17.0.